The molecule has 10 heteroatoms. The summed E-state index contributed by atoms with van der Waals surface area (Å²) in [5.74, 6) is 0. The van der Waals surface area contributed by atoms with E-state index < -0.39 is 14.0 Å². The maximum Gasteiger partial charge on any atom is 1.00 e. The zero-order valence-electron chi connectivity index (χ0n) is 6.79. The molecule has 0 aliphatic carbocycles. The molecule has 0 amide bonds. The van der Waals surface area contributed by atoms with Gasteiger partial charge in [-0.15, -0.1) is 0 Å². The standard InChI is InChI=1S/B2O4.4Na/c3-1(4)2(5)6;;;;/q-4;4*+1. The topological polar surface area (TPSA) is 92.2 Å². The van der Waals surface area contributed by atoms with Gasteiger partial charge in [-0.05, 0) is 0 Å². The fourth-order valence-electron chi connectivity index (χ4n) is 0. The van der Waals surface area contributed by atoms with Crippen molar-refractivity contribution in [3.63, 3.8) is 0 Å². The third-order valence-corrected chi connectivity index (χ3v) is 0.222. The van der Waals surface area contributed by atoms with E-state index in [1.165, 1.54) is 0 Å². The fourth-order valence-corrected chi connectivity index (χ4v) is 0. The van der Waals surface area contributed by atoms with Crippen molar-refractivity contribution in [2.45, 2.75) is 0 Å². The molecular formula is B2Na4O4. The van der Waals surface area contributed by atoms with Gasteiger partial charge < -0.3 is 20.1 Å². The second kappa shape index (κ2) is 18.7. The quantitative estimate of drug-likeness (QED) is 0.372. The van der Waals surface area contributed by atoms with Gasteiger partial charge in [-0.3, -0.25) is 0 Å². The van der Waals surface area contributed by atoms with Crippen molar-refractivity contribution in [1.82, 2.24) is 0 Å². The van der Waals surface area contributed by atoms with Gasteiger partial charge in [0.1, 0.15) is 0 Å². The van der Waals surface area contributed by atoms with Gasteiger partial charge in [-0.2, -0.15) is 0 Å². The van der Waals surface area contributed by atoms with Gasteiger partial charge in [-0.1, -0.05) is 0 Å². The van der Waals surface area contributed by atoms with Crippen LogP contribution in [-0.2, 0) is 0 Å². The van der Waals surface area contributed by atoms with Crippen LogP contribution in [0.4, 0.5) is 0 Å². The van der Waals surface area contributed by atoms with E-state index in [1.807, 2.05) is 0 Å². The Labute approximate surface area is 149 Å². The molecule has 0 radical (unpaired) electrons. The molecule has 0 unspecified atom stereocenters. The number of hydrogen-bond donors (Lipinski definition) is 0. The van der Waals surface area contributed by atoms with Crippen LogP contribution in [0.3, 0.4) is 0 Å². The monoisotopic (exact) mass is 178 g/mol. The predicted octanol–water partition coefficient (Wildman–Crippen LogP) is -17.5. The molecule has 0 saturated carbocycles. The molecule has 0 rings (SSSR count). The second-order valence-corrected chi connectivity index (χ2v) is 0.737. The zero-order chi connectivity index (χ0) is 5.15. The molecule has 0 aliphatic heterocycles. The van der Waals surface area contributed by atoms with E-state index in [-0.39, 0.29) is 118 Å². The van der Waals surface area contributed by atoms with Crippen LogP contribution in [0.25, 0.3) is 0 Å². The maximum absolute atomic E-state index is 9.05. The Morgan fingerprint density at radius 2 is 0.600 bits per heavy atom. The third-order valence-electron chi connectivity index (χ3n) is 0.222. The molecule has 10 heavy (non-hydrogen) atoms. The summed E-state index contributed by atoms with van der Waals surface area (Å²) < 4.78 is 0. The van der Waals surface area contributed by atoms with E-state index in [0.29, 0.717) is 0 Å². The summed E-state index contributed by atoms with van der Waals surface area (Å²) in [6.45, 7) is 0. The van der Waals surface area contributed by atoms with Crippen molar-refractivity contribution in [2.24, 2.45) is 0 Å². The van der Waals surface area contributed by atoms with E-state index in [2.05, 4.69) is 0 Å². The molecule has 0 aromatic rings. The van der Waals surface area contributed by atoms with Crippen LogP contribution in [0.1, 0.15) is 0 Å². The van der Waals surface area contributed by atoms with E-state index >= 15 is 0 Å². The zero-order valence-corrected chi connectivity index (χ0v) is 14.8. The molecule has 0 atom stereocenters. The van der Waals surface area contributed by atoms with Gasteiger partial charge in [0.05, 0.1) is 0 Å². The predicted molar refractivity (Wildman–Crippen MR) is 11.5 cm³/mol. The van der Waals surface area contributed by atoms with Crippen molar-refractivity contribution in [3.05, 3.63) is 0 Å². The summed E-state index contributed by atoms with van der Waals surface area (Å²) >= 11 is 0. The smallest absolute Gasteiger partial charge is 0.900 e. The minimum absolute atomic E-state index is 0. The largest absolute Gasteiger partial charge is 1.00 e. The Balaban J connectivity index is -0.0000000208. The van der Waals surface area contributed by atoms with Gasteiger partial charge in [0.25, 0.3) is 0 Å². The Morgan fingerprint density at radius 3 is 0.600 bits per heavy atom. The van der Waals surface area contributed by atoms with Crippen LogP contribution in [0.5, 0.6) is 0 Å². The average molecular weight is 178 g/mol. The molecule has 0 bridgehead atoms. The molecule has 0 heterocycles. The first-order chi connectivity index (χ1) is 2.64. The Kier molecular flexibility index (Phi) is 54.6. The van der Waals surface area contributed by atoms with Crippen LogP contribution >= 0.6 is 0 Å². The average Bonchev–Trinajstić information content (AvgIpc) is 1.36. The van der Waals surface area contributed by atoms with Gasteiger partial charge in [-0.25, -0.2) is 14.0 Å². The first-order valence-electron chi connectivity index (χ1n) is 1.28. The summed E-state index contributed by atoms with van der Waals surface area (Å²) in [6, 6.07) is 0. The van der Waals surface area contributed by atoms with E-state index in [9.17, 15) is 0 Å². The normalized spacial score (nSPS) is 4.80. The Morgan fingerprint density at radius 1 is 0.500 bits per heavy atom. The molecular weight excluding hydrogens is 178 g/mol. The minimum atomic E-state index is -2.76. The molecule has 4 nitrogen and oxygen atoms in total. The molecule has 0 spiro atoms. The summed E-state index contributed by atoms with van der Waals surface area (Å²) in [4.78, 5) is 0. The summed E-state index contributed by atoms with van der Waals surface area (Å²) in [6.07, 6.45) is 0. The van der Waals surface area contributed by atoms with Crippen LogP contribution < -0.4 is 138 Å². The van der Waals surface area contributed by atoms with Crippen molar-refractivity contribution in [2.75, 3.05) is 0 Å². The third kappa shape index (κ3) is 22.7. The fraction of sp³-hybridized carbons (Fsp3) is 0. The van der Waals surface area contributed by atoms with Crippen molar-refractivity contribution < 1.29 is 138 Å². The minimum Gasteiger partial charge on any atom is -0.900 e. The Hall–Kier alpha value is 3.97. The van der Waals surface area contributed by atoms with E-state index in [1.54, 1.807) is 0 Å². The first-order valence-corrected chi connectivity index (χ1v) is 1.28. The van der Waals surface area contributed by atoms with E-state index in [0.717, 1.165) is 0 Å². The van der Waals surface area contributed by atoms with Crippen molar-refractivity contribution >= 4 is 14.0 Å². The van der Waals surface area contributed by atoms with Crippen LogP contribution in [0.15, 0.2) is 0 Å². The molecule has 34 valence electrons. The van der Waals surface area contributed by atoms with Gasteiger partial charge in [0.15, 0.2) is 0 Å². The molecule has 0 fully saturated rings. The first kappa shape index (κ1) is 29.2. The SMILES string of the molecule is [Na+].[Na+].[Na+].[Na+].[O-]B([O-])B([O-])[O-]. The van der Waals surface area contributed by atoms with Gasteiger partial charge >= 0.3 is 118 Å². The number of rotatable bonds is 1. The molecule has 0 N–H and O–H groups in total. The second-order valence-electron chi connectivity index (χ2n) is 0.737. The maximum atomic E-state index is 9.05. The summed E-state index contributed by atoms with van der Waals surface area (Å²) in [5, 5.41) is 36.2. The Bertz CT molecular complexity index is 36.2. The molecule has 0 aromatic carbocycles. The van der Waals surface area contributed by atoms with E-state index in [4.69, 9.17) is 20.1 Å². The summed E-state index contributed by atoms with van der Waals surface area (Å²) in [7, 11) is -5.52. The summed E-state index contributed by atoms with van der Waals surface area (Å²) in [5.41, 5.74) is 0. The van der Waals surface area contributed by atoms with Gasteiger partial charge in [0, 0.05) is 0 Å². The number of hydrogen-bond acceptors (Lipinski definition) is 4. The molecule has 0 aliphatic rings. The van der Waals surface area contributed by atoms with Crippen LogP contribution in [0.2, 0.25) is 0 Å². The van der Waals surface area contributed by atoms with Crippen LogP contribution in [-0.4, -0.2) is 14.0 Å². The molecule has 0 aromatic heterocycles. The van der Waals surface area contributed by atoms with Gasteiger partial charge in [0.2, 0.25) is 0 Å². The van der Waals surface area contributed by atoms with Crippen LogP contribution in [0, 0.1) is 0 Å². The van der Waals surface area contributed by atoms with Crippen molar-refractivity contribution in [1.29, 1.82) is 0 Å². The molecule has 0 saturated heterocycles. The van der Waals surface area contributed by atoms with Crippen molar-refractivity contribution in [3.8, 4) is 0 Å².